The SMILES string of the molecule is CC(C)CS(C)(=O)=NCc1ccc(-c2noc(C(F)(F)F)n2)cc1. The van der Waals surface area contributed by atoms with E-state index in [4.69, 9.17) is 0 Å². The van der Waals surface area contributed by atoms with E-state index < -0.39 is 21.8 Å². The molecule has 0 saturated heterocycles. The summed E-state index contributed by atoms with van der Waals surface area (Å²) in [4.78, 5) is 3.33. The van der Waals surface area contributed by atoms with Crippen LogP contribution in [-0.4, -0.2) is 26.4 Å². The molecular formula is C15H18F3N3O2S. The lowest BCUT2D eigenvalue weighted by Crippen LogP contribution is -2.09. The van der Waals surface area contributed by atoms with Crippen LogP contribution in [0.3, 0.4) is 0 Å². The minimum absolute atomic E-state index is 0.134. The Kier molecular flexibility index (Phi) is 5.32. The van der Waals surface area contributed by atoms with Crippen LogP contribution in [0.5, 0.6) is 0 Å². The van der Waals surface area contributed by atoms with Gasteiger partial charge in [0.1, 0.15) is 0 Å². The molecule has 24 heavy (non-hydrogen) atoms. The van der Waals surface area contributed by atoms with Gasteiger partial charge in [-0.25, -0.2) is 4.36 Å². The smallest absolute Gasteiger partial charge is 0.329 e. The fourth-order valence-electron chi connectivity index (χ4n) is 2.10. The van der Waals surface area contributed by atoms with Crippen LogP contribution in [0.25, 0.3) is 11.4 Å². The molecule has 0 aliphatic carbocycles. The molecule has 0 spiro atoms. The number of nitrogens with zero attached hydrogens (tertiary/aromatic N) is 3. The van der Waals surface area contributed by atoms with E-state index in [-0.39, 0.29) is 18.3 Å². The van der Waals surface area contributed by atoms with Gasteiger partial charge < -0.3 is 4.52 Å². The highest BCUT2D eigenvalue weighted by Gasteiger charge is 2.38. The first-order valence-electron chi connectivity index (χ1n) is 7.22. The second kappa shape index (κ2) is 6.92. The fraction of sp³-hybridized carbons (Fsp3) is 0.467. The van der Waals surface area contributed by atoms with Crippen molar-refractivity contribution < 1.29 is 21.9 Å². The van der Waals surface area contributed by atoms with Crippen molar-refractivity contribution in [1.29, 1.82) is 0 Å². The Balaban J connectivity index is 2.12. The second-order valence-electron chi connectivity index (χ2n) is 5.92. The van der Waals surface area contributed by atoms with E-state index in [1.807, 2.05) is 13.8 Å². The molecule has 0 saturated carbocycles. The van der Waals surface area contributed by atoms with Gasteiger partial charge in [0.15, 0.2) is 0 Å². The van der Waals surface area contributed by atoms with Gasteiger partial charge in [-0.1, -0.05) is 43.3 Å². The summed E-state index contributed by atoms with van der Waals surface area (Å²) < 4.78 is 58.0. The van der Waals surface area contributed by atoms with E-state index in [0.717, 1.165) is 5.56 Å². The molecule has 0 amide bonds. The molecule has 1 unspecified atom stereocenters. The minimum Gasteiger partial charge on any atom is -0.329 e. The Bertz CT molecular complexity index is 804. The molecule has 132 valence electrons. The van der Waals surface area contributed by atoms with Gasteiger partial charge in [0.05, 0.1) is 6.54 Å². The number of alkyl halides is 3. The molecule has 9 heteroatoms. The molecule has 0 fully saturated rings. The average Bonchev–Trinajstić information content (AvgIpc) is 2.94. The number of benzene rings is 1. The lowest BCUT2D eigenvalue weighted by atomic mass is 10.1. The molecule has 0 aliphatic rings. The van der Waals surface area contributed by atoms with E-state index in [9.17, 15) is 17.4 Å². The Labute approximate surface area is 138 Å². The number of hydrogen-bond acceptors (Lipinski definition) is 5. The van der Waals surface area contributed by atoms with Gasteiger partial charge in [0.25, 0.3) is 0 Å². The molecular weight excluding hydrogens is 343 g/mol. The second-order valence-corrected chi connectivity index (χ2v) is 8.44. The summed E-state index contributed by atoms with van der Waals surface area (Å²) in [5, 5.41) is 3.33. The van der Waals surface area contributed by atoms with Crippen molar-refractivity contribution in [2.24, 2.45) is 10.3 Å². The summed E-state index contributed by atoms with van der Waals surface area (Å²) in [6.45, 7) is 4.24. The topological polar surface area (TPSA) is 68.3 Å². The molecule has 1 aromatic carbocycles. The van der Waals surface area contributed by atoms with Crippen LogP contribution >= 0.6 is 0 Å². The molecule has 1 atom stereocenters. The van der Waals surface area contributed by atoms with Crippen LogP contribution in [0.15, 0.2) is 33.2 Å². The number of rotatable bonds is 5. The lowest BCUT2D eigenvalue weighted by molar-refractivity contribution is -0.159. The molecule has 2 rings (SSSR count). The predicted octanol–water partition coefficient (Wildman–Crippen LogP) is 4.01. The minimum atomic E-state index is -4.66. The van der Waals surface area contributed by atoms with Crippen LogP contribution in [0.2, 0.25) is 0 Å². The maximum absolute atomic E-state index is 12.4. The normalized spacial score (nSPS) is 14.6. The summed E-state index contributed by atoms with van der Waals surface area (Å²) in [7, 11) is -2.24. The fourth-order valence-corrected chi connectivity index (χ4v) is 3.86. The molecule has 0 bridgehead atoms. The van der Waals surface area contributed by atoms with Gasteiger partial charge in [0, 0.05) is 27.3 Å². The van der Waals surface area contributed by atoms with Crippen molar-refractivity contribution in [3.05, 3.63) is 35.7 Å². The first kappa shape index (κ1) is 18.4. The van der Waals surface area contributed by atoms with Crippen LogP contribution in [0.4, 0.5) is 13.2 Å². The molecule has 0 N–H and O–H groups in total. The van der Waals surface area contributed by atoms with Gasteiger partial charge in [-0.15, -0.1) is 0 Å². The standard InChI is InChI=1S/C15H18F3N3O2S/c1-10(2)9-24(3,22)19-8-11-4-6-12(7-5-11)13-20-14(23-21-13)15(16,17)18/h4-7,10H,8-9H2,1-3H3. The van der Waals surface area contributed by atoms with Crippen LogP contribution < -0.4 is 0 Å². The van der Waals surface area contributed by atoms with Crippen LogP contribution in [0, 0.1) is 5.92 Å². The third-order valence-corrected chi connectivity index (χ3v) is 5.00. The molecule has 0 radical (unpaired) electrons. The van der Waals surface area contributed by atoms with E-state index in [1.54, 1.807) is 30.5 Å². The lowest BCUT2D eigenvalue weighted by Gasteiger charge is -2.07. The summed E-state index contributed by atoms with van der Waals surface area (Å²) in [6, 6.07) is 6.53. The van der Waals surface area contributed by atoms with Crippen molar-refractivity contribution in [3.8, 4) is 11.4 Å². The van der Waals surface area contributed by atoms with E-state index in [1.165, 1.54) is 0 Å². The quantitative estimate of drug-likeness (QED) is 0.807. The van der Waals surface area contributed by atoms with E-state index in [0.29, 0.717) is 11.3 Å². The Morgan fingerprint density at radius 3 is 2.38 bits per heavy atom. The Morgan fingerprint density at radius 1 is 1.25 bits per heavy atom. The molecule has 0 aliphatic heterocycles. The highest BCUT2D eigenvalue weighted by molar-refractivity contribution is 7.92. The van der Waals surface area contributed by atoms with Crippen molar-refractivity contribution in [1.82, 2.24) is 10.1 Å². The van der Waals surface area contributed by atoms with Gasteiger partial charge in [0.2, 0.25) is 5.82 Å². The van der Waals surface area contributed by atoms with E-state index in [2.05, 4.69) is 19.0 Å². The largest absolute Gasteiger partial charge is 0.471 e. The monoisotopic (exact) mass is 361 g/mol. The first-order valence-corrected chi connectivity index (χ1v) is 9.32. The van der Waals surface area contributed by atoms with Crippen molar-refractivity contribution in [3.63, 3.8) is 0 Å². The Hall–Kier alpha value is -1.90. The molecule has 5 nitrogen and oxygen atoms in total. The average molecular weight is 361 g/mol. The highest BCUT2D eigenvalue weighted by atomic mass is 32.2. The number of hydrogen-bond donors (Lipinski definition) is 0. The third kappa shape index (κ3) is 5.05. The summed E-state index contributed by atoms with van der Waals surface area (Å²) in [5.41, 5.74) is 1.20. The summed E-state index contributed by atoms with van der Waals surface area (Å²) in [5.74, 6) is -0.704. The highest BCUT2D eigenvalue weighted by Crippen LogP contribution is 2.29. The first-order chi connectivity index (χ1) is 11.1. The van der Waals surface area contributed by atoms with Gasteiger partial charge in [-0.2, -0.15) is 18.2 Å². The summed E-state index contributed by atoms with van der Waals surface area (Å²) >= 11 is 0. The molecule has 1 heterocycles. The van der Waals surface area contributed by atoms with Gasteiger partial charge in [-0.05, 0) is 11.5 Å². The van der Waals surface area contributed by atoms with E-state index >= 15 is 0 Å². The van der Waals surface area contributed by atoms with Crippen molar-refractivity contribution in [2.45, 2.75) is 26.6 Å². The van der Waals surface area contributed by atoms with Gasteiger partial charge >= 0.3 is 12.1 Å². The maximum Gasteiger partial charge on any atom is 0.471 e. The number of aromatic nitrogens is 2. The zero-order valence-electron chi connectivity index (χ0n) is 13.5. The zero-order chi connectivity index (χ0) is 18.0. The third-order valence-electron chi connectivity index (χ3n) is 3.04. The predicted molar refractivity (Wildman–Crippen MR) is 84.6 cm³/mol. The molecule has 2 aromatic rings. The van der Waals surface area contributed by atoms with Crippen molar-refractivity contribution >= 4 is 9.73 Å². The summed E-state index contributed by atoms with van der Waals surface area (Å²) in [6.07, 6.45) is -3.04. The molecule has 1 aromatic heterocycles. The maximum atomic E-state index is 12.4. The van der Waals surface area contributed by atoms with Crippen molar-refractivity contribution in [2.75, 3.05) is 12.0 Å². The van der Waals surface area contributed by atoms with Crippen LogP contribution in [-0.2, 0) is 22.5 Å². The Morgan fingerprint density at radius 2 is 1.88 bits per heavy atom. The van der Waals surface area contributed by atoms with Gasteiger partial charge in [-0.3, -0.25) is 4.21 Å². The van der Waals surface area contributed by atoms with Crippen LogP contribution in [0.1, 0.15) is 25.3 Å². The zero-order valence-corrected chi connectivity index (χ0v) is 14.3. The number of halogens is 3.